The van der Waals surface area contributed by atoms with Crippen LogP contribution in [-0.2, 0) is 30.5 Å². The molecule has 0 bridgehead atoms. The number of aryl methyl sites for hydroxylation is 2. The number of hydrogen-bond donors (Lipinski definition) is 7. The molecule has 2 rings (SSSR count). The first-order chi connectivity index (χ1) is 28.4. The topological polar surface area (TPSA) is 221 Å². The first-order valence-corrected chi connectivity index (χ1v) is 20.9. The highest BCUT2D eigenvalue weighted by Gasteiger charge is 2.22. The summed E-state index contributed by atoms with van der Waals surface area (Å²) in [6.07, 6.45) is 5.59. The molecule has 0 fully saturated rings. The maximum Gasteiger partial charge on any atom is 0.319 e. The van der Waals surface area contributed by atoms with E-state index in [1.54, 1.807) is 0 Å². The molecule has 0 saturated heterocycles. The van der Waals surface area contributed by atoms with Crippen molar-refractivity contribution in [3.8, 4) is 0 Å². The summed E-state index contributed by atoms with van der Waals surface area (Å²) < 4.78 is 0. The SMILES string of the molecule is CC(=O)CCC(NC(=O)NC(C)CCCCNCc1ccc(C)cc1)C(C)=O.CC(=O)CCC(NC(=O)NC(CCCCNC(=O)Nc1ccc(C)cc1)C(C)=O)C(C)=O. The second-order valence-electron chi connectivity index (χ2n) is 15.5. The largest absolute Gasteiger partial charge is 0.338 e. The number of carbonyl (C=O) groups excluding carboxylic acids is 8. The molecule has 332 valence electrons. The molecule has 2 aromatic carbocycles. The Labute approximate surface area is 356 Å². The van der Waals surface area contributed by atoms with Crippen molar-refractivity contribution < 1.29 is 38.4 Å². The lowest BCUT2D eigenvalue weighted by atomic mass is 10.1. The molecule has 60 heavy (non-hydrogen) atoms. The van der Waals surface area contributed by atoms with Gasteiger partial charge in [0, 0.05) is 37.7 Å². The van der Waals surface area contributed by atoms with Crippen LogP contribution in [0.2, 0.25) is 0 Å². The van der Waals surface area contributed by atoms with Crippen molar-refractivity contribution in [2.45, 2.75) is 150 Å². The molecule has 15 nitrogen and oxygen atoms in total. The summed E-state index contributed by atoms with van der Waals surface area (Å²) in [5.74, 6) is -0.646. The predicted octanol–water partition coefficient (Wildman–Crippen LogP) is 6.14. The van der Waals surface area contributed by atoms with Crippen molar-refractivity contribution in [3.05, 3.63) is 65.2 Å². The van der Waals surface area contributed by atoms with Gasteiger partial charge >= 0.3 is 18.1 Å². The third-order valence-corrected chi connectivity index (χ3v) is 9.54. The monoisotopic (exact) mass is 836 g/mol. The van der Waals surface area contributed by atoms with E-state index in [9.17, 15) is 38.4 Å². The van der Waals surface area contributed by atoms with E-state index in [2.05, 4.69) is 68.4 Å². The van der Waals surface area contributed by atoms with E-state index in [1.807, 2.05) is 38.1 Å². The Morgan fingerprint density at radius 2 is 0.933 bits per heavy atom. The highest BCUT2D eigenvalue weighted by molar-refractivity contribution is 5.91. The summed E-state index contributed by atoms with van der Waals surface area (Å²) in [4.78, 5) is 93.6. The highest BCUT2D eigenvalue weighted by atomic mass is 16.2. The van der Waals surface area contributed by atoms with E-state index < -0.39 is 24.2 Å². The van der Waals surface area contributed by atoms with Gasteiger partial charge in [-0.25, -0.2) is 14.4 Å². The lowest BCUT2D eigenvalue weighted by molar-refractivity contribution is -0.121. The van der Waals surface area contributed by atoms with E-state index in [1.165, 1.54) is 45.7 Å². The molecule has 0 aliphatic rings. The summed E-state index contributed by atoms with van der Waals surface area (Å²) in [7, 11) is 0. The Hall–Kier alpha value is -5.44. The molecule has 0 aromatic heterocycles. The molecule has 0 heterocycles. The van der Waals surface area contributed by atoms with Gasteiger partial charge < -0.3 is 46.8 Å². The normalized spacial score (nSPS) is 12.5. The molecule has 0 saturated carbocycles. The van der Waals surface area contributed by atoms with Gasteiger partial charge in [0.15, 0.2) is 17.3 Å². The van der Waals surface area contributed by atoms with Crippen molar-refractivity contribution in [2.75, 3.05) is 18.4 Å². The third kappa shape index (κ3) is 25.8. The van der Waals surface area contributed by atoms with Crippen molar-refractivity contribution in [1.29, 1.82) is 0 Å². The highest BCUT2D eigenvalue weighted by Crippen LogP contribution is 2.09. The summed E-state index contributed by atoms with van der Waals surface area (Å²) >= 11 is 0. The number of nitrogens with one attached hydrogen (secondary N) is 7. The van der Waals surface area contributed by atoms with Gasteiger partial charge in [-0.15, -0.1) is 0 Å². The van der Waals surface area contributed by atoms with E-state index in [0.29, 0.717) is 37.9 Å². The van der Waals surface area contributed by atoms with Gasteiger partial charge in [-0.2, -0.15) is 0 Å². The second-order valence-corrected chi connectivity index (χ2v) is 15.5. The van der Waals surface area contributed by atoms with E-state index in [4.69, 9.17) is 0 Å². The van der Waals surface area contributed by atoms with Gasteiger partial charge in [0.05, 0.1) is 18.1 Å². The van der Waals surface area contributed by atoms with E-state index in [-0.39, 0.29) is 66.3 Å². The van der Waals surface area contributed by atoms with Crippen LogP contribution in [0.4, 0.5) is 20.1 Å². The molecule has 0 spiro atoms. The number of anilines is 1. The van der Waals surface area contributed by atoms with Crippen molar-refractivity contribution in [3.63, 3.8) is 0 Å². The number of Topliss-reactive ketones (excluding diaryl/α,β-unsaturated/α-hetero) is 5. The Morgan fingerprint density at radius 3 is 1.42 bits per heavy atom. The quantitative estimate of drug-likeness (QED) is 0.0541. The molecular formula is C45H69N7O8. The molecule has 0 aliphatic carbocycles. The van der Waals surface area contributed by atoms with Gasteiger partial charge in [-0.3, -0.25) is 14.4 Å². The van der Waals surface area contributed by atoms with Gasteiger partial charge in [0.2, 0.25) is 0 Å². The molecular weight excluding hydrogens is 767 g/mol. The van der Waals surface area contributed by atoms with Crippen LogP contribution in [-0.4, -0.2) is 84.3 Å². The Kier molecular flexibility index (Phi) is 26.0. The van der Waals surface area contributed by atoms with Gasteiger partial charge in [-0.05, 0) is 125 Å². The Balaban J connectivity index is 0.000000605. The number of amides is 6. The minimum Gasteiger partial charge on any atom is -0.338 e. The standard InChI is InChI=1S/C23H34N4O5.C22H35N3O3/c1-15-8-11-19(12-9-15)25-22(31)24-14-6-5-7-20(17(3)29)26-23(32)27-21(18(4)30)13-10-16(2)28;1-16-8-11-20(12-9-16)15-23-14-6-5-7-17(2)24-22(28)25-21(19(4)27)13-10-18(3)26/h8-9,11-12,20-21H,5-7,10,13-14H2,1-4H3,(H2,24,25,31)(H2,26,27,32);8-9,11-12,17,21,23H,5-7,10,13-15H2,1-4H3,(H2,24,25,28). The van der Waals surface area contributed by atoms with Crippen LogP contribution in [0, 0.1) is 13.8 Å². The van der Waals surface area contributed by atoms with Crippen LogP contribution in [0.1, 0.15) is 122 Å². The summed E-state index contributed by atoms with van der Waals surface area (Å²) in [5.41, 5.74) is 4.35. The average molecular weight is 836 g/mol. The van der Waals surface area contributed by atoms with Gasteiger partial charge in [0.25, 0.3) is 0 Å². The molecule has 6 amide bonds. The van der Waals surface area contributed by atoms with E-state index >= 15 is 0 Å². The van der Waals surface area contributed by atoms with Crippen LogP contribution in [0.5, 0.6) is 0 Å². The molecule has 15 heteroatoms. The minimum absolute atomic E-state index is 0.0119. The average Bonchev–Trinajstić information content (AvgIpc) is 3.17. The number of hydrogen-bond acceptors (Lipinski definition) is 9. The van der Waals surface area contributed by atoms with Gasteiger partial charge in [-0.1, -0.05) is 53.9 Å². The first kappa shape index (κ1) is 52.6. The zero-order chi connectivity index (χ0) is 45.0. The number of ketones is 5. The zero-order valence-electron chi connectivity index (χ0n) is 36.9. The van der Waals surface area contributed by atoms with Crippen molar-refractivity contribution in [2.24, 2.45) is 0 Å². The van der Waals surface area contributed by atoms with Crippen molar-refractivity contribution >= 4 is 52.7 Å². The second kappa shape index (κ2) is 29.7. The van der Waals surface area contributed by atoms with Crippen LogP contribution in [0.25, 0.3) is 0 Å². The fourth-order valence-electron chi connectivity index (χ4n) is 5.81. The fraction of sp³-hybridized carbons (Fsp3) is 0.556. The van der Waals surface area contributed by atoms with Crippen LogP contribution in [0.3, 0.4) is 0 Å². The number of carbonyl (C=O) groups is 8. The van der Waals surface area contributed by atoms with Crippen LogP contribution >= 0.6 is 0 Å². The molecule has 2 aromatic rings. The smallest absolute Gasteiger partial charge is 0.319 e. The number of benzene rings is 2. The van der Waals surface area contributed by atoms with Crippen LogP contribution < -0.4 is 37.2 Å². The maximum absolute atomic E-state index is 12.2. The summed E-state index contributed by atoms with van der Waals surface area (Å²) in [5, 5.41) is 19.6. The number of rotatable bonds is 26. The lowest BCUT2D eigenvalue weighted by Gasteiger charge is -2.20. The van der Waals surface area contributed by atoms with Crippen LogP contribution in [0.15, 0.2) is 48.5 Å². The predicted molar refractivity (Wildman–Crippen MR) is 235 cm³/mol. The third-order valence-electron chi connectivity index (χ3n) is 9.54. The molecule has 0 radical (unpaired) electrons. The molecule has 0 aliphatic heterocycles. The zero-order valence-corrected chi connectivity index (χ0v) is 36.9. The molecule has 4 unspecified atom stereocenters. The summed E-state index contributed by atoms with van der Waals surface area (Å²) in [6.45, 7) is 15.3. The maximum atomic E-state index is 12.2. The van der Waals surface area contributed by atoms with E-state index in [0.717, 1.165) is 37.9 Å². The number of unbranched alkanes of at least 4 members (excludes halogenated alkanes) is 2. The fourth-order valence-corrected chi connectivity index (χ4v) is 5.81. The summed E-state index contributed by atoms with van der Waals surface area (Å²) in [6, 6.07) is 12.6. The van der Waals surface area contributed by atoms with Gasteiger partial charge in [0.1, 0.15) is 11.6 Å². The number of urea groups is 3. The minimum atomic E-state index is -0.775. The first-order valence-electron chi connectivity index (χ1n) is 20.9. The molecule has 7 N–H and O–H groups in total. The Morgan fingerprint density at radius 1 is 0.500 bits per heavy atom. The Bertz CT molecular complexity index is 1680. The lowest BCUT2D eigenvalue weighted by Crippen LogP contribution is -2.50. The molecule has 4 atom stereocenters. The van der Waals surface area contributed by atoms with Crippen molar-refractivity contribution in [1.82, 2.24) is 31.9 Å².